The number of aromatic nitrogens is 3. The quantitative estimate of drug-likeness (QED) is 0.445. The van der Waals surface area contributed by atoms with E-state index in [1.807, 2.05) is 6.19 Å². The molecule has 10 heteroatoms. The van der Waals surface area contributed by atoms with Crippen molar-refractivity contribution in [3.8, 4) is 6.19 Å². The van der Waals surface area contributed by atoms with Gasteiger partial charge in [0.2, 0.25) is 17.2 Å². The number of amides is 2. The number of hydrogen-bond donors (Lipinski definition) is 0. The average Bonchev–Trinajstić information content (AvgIpc) is 2.83. The Morgan fingerprint density at radius 3 is 2.16 bits per heavy atom. The third-order valence-electron chi connectivity index (χ3n) is 4.10. The minimum Gasteiger partial charge on any atom is -0.347 e. The lowest BCUT2D eigenvalue weighted by Gasteiger charge is -2.21. The zero-order chi connectivity index (χ0) is 18.1. The Balaban J connectivity index is 1.86. The fraction of sp³-hybridized carbons (Fsp3) is 0.467. The molecule has 3 rings (SSSR count). The van der Waals surface area contributed by atoms with Crippen molar-refractivity contribution in [2.24, 2.45) is 0 Å². The molecular formula is C15H16ClN7O2. The molecule has 2 aliphatic rings. The van der Waals surface area contributed by atoms with E-state index in [1.54, 1.807) is 19.0 Å². The van der Waals surface area contributed by atoms with Gasteiger partial charge in [-0.2, -0.15) is 20.2 Å². The molecule has 0 saturated carbocycles. The van der Waals surface area contributed by atoms with Crippen LogP contribution in [0.1, 0.15) is 25.7 Å². The van der Waals surface area contributed by atoms with Gasteiger partial charge in [0, 0.05) is 25.2 Å². The summed E-state index contributed by atoms with van der Waals surface area (Å²) in [7, 11) is 3.44. The van der Waals surface area contributed by atoms with Crippen LogP contribution in [0.4, 0.5) is 11.9 Å². The lowest BCUT2D eigenvalue weighted by atomic mass is 9.93. The molecule has 0 spiro atoms. The molecule has 2 amide bonds. The van der Waals surface area contributed by atoms with Gasteiger partial charge in [-0.25, -0.2) is 4.90 Å². The van der Waals surface area contributed by atoms with E-state index < -0.39 is 0 Å². The van der Waals surface area contributed by atoms with Crippen LogP contribution in [0.25, 0.3) is 0 Å². The van der Waals surface area contributed by atoms with E-state index in [0.29, 0.717) is 24.0 Å². The normalized spacial score (nSPS) is 16.8. The molecule has 0 bridgehead atoms. The number of halogens is 1. The van der Waals surface area contributed by atoms with Gasteiger partial charge in [0.15, 0.2) is 6.19 Å². The predicted molar refractivity (Wildman–Crippen MR) is 89.5 cm³/mol. The summed E-state index contributed by atoms with van der Waals surface area (Å²) in [6, 6.07) is 0. The molecule has 130 valence electrons. The predicted octanol–water partition coefficient (Wildman–Crippen LogP) is 1.08. The number of hydrogen-bond acceptors (Lipinski definition) is 8. The molecule has 0 saturated heterocycles. The van der Waals surface area contributed by atoms with Gasteiger partial charge < -0.3 is 4.90 Å². The molecular weight excluding hydrogens is 346 g/mol. The first-order valence-corrected chi connectivity index (χ1v) is 8.14. The van der Waals surface area contributed by atoms with Crippen molar-refractivity contribution in [1.29, 1.82) is 5.26 Å². The van der Waals surface area contributed by atoms with Crippen LogP contribution in [0, 0.1) is 11.5 Å². The Morgan fingerprint density at radius 2 is 1.64 bits per heavy atom. The highest BCUT2D eigenvalue weighted by Crippen LogP contribution is 2.33. The minimum atomic E-state index is -0.340. The molecule has 2 heterocycles. The summed E-state index contributed by atoms with van der Waals surface area (Å²) in [5.41, 5.74) is 1.13. The second-order valence-electron chi connectivity index (χ2n) is 5.97. The maximum absolute atomic E-state index is 12.5. The maximum atomic E-state index is 12.5. The Morgan fingerprint density at radius 1 is 1.08 bits per heavy atom. The number of carbonyl (C=O) groups is 2. The summed E-state index contributed by atoms with van der Waals surface area (Å²) >= 11 is 5.89. The van der Waals surface area contributed by atoms with Crippen molar-refractivity contribution in [1.82, 2.24) is 19.9 Å². The van der Waals surface area contributed by atoms with Crippen molar-refractivity contribution in [3.05, 3.63) is 16.4 Å². The van der Waals surface area contributed by atoms with Gasteiger partial charge in [-0.05, 0) is 37.3 Å². The van der Waals surface area contributed by atoms with E-state index in [2.05, 4.69) is 15.0 Å². The topological polar surface area (TPSA) is 106 Å². The van der Waals surface area contributed by atoms with E-state index in [4.69, 9.17) is 11.6 Å². The molecule has 1 aromatic rings. The average molecular weight is 362 g/mol. The van der Waals surface area contributed by atoms with E-state index in [9.17, 15) is 14.9 Å². The zero-order valence-electron chi connectivity index (χ0n) is 13.9. The molecule has 0 atom stereocenters. The fourth-order valence-electron chi connectivity index (χ4n) is 2.86. The minimum absolute atomic E-state index is 0.0170. The van der Waals surface area contributed by atoms with Crippen LogP contribution in [0.15, 0.2) is 11.1 Å². The van der Waals surface area contributed by atoms with Crippen molar-refractivity contribution in [2.75, 3.05) is 30.6 Å². The van der Waals surface area contributed by atoms with Crippen molar-refractivity contribution < 1.29 is 9.59 Å². The molecule has 9 nitrogen and oxygen atoms in total. The third-order valence-corrected chi connectivity index (χ3v) is 4.27. The highest BCUT2D eigenvalue weighted by atomic mass is 35.5. The van der Waals surface area contributed by atoms with Crippen LogP contribution in [0.5, 0.6) is 0 Å². The van der Waals surface area contributed by atoms with Crippen LogP contribution in [-0.4, -0.2) is 52.4 Å². The van der Waals surface area contributed by atoms with Gasteiger partial charge >= 0.3 is 0 Å². The Labute approximate surface area is 149 Å². The SMILES string of the molecule is CN(C)c1nc(Cl)nc(N(C#N)CN2C(=O)C3=C(CCCC3)C2=O)n1. The smallest absolute Gasteiger partial charge is 0.258 e. The number of nitrogens with zero attached hydrogens (tertiary/aromatic N) is 7. The number of imide groups is 1. The lowest BCUT2D eigenvalue weighted by Crippen LogP contribution is -2.41. The van der Waals surface area contributed by atoms with Crippen molar-refractivity contribution >= 4 is 35.3 Å². The molecule has 0 unspecified atom stereocenters. The molecule has 0 fully saturated rings. The number of anilines is 2. The van der Waals surface area contributed by atoms with Crippen molar-refractivity contribution in [2.45, 2.75) is 25.7 Å². The Bertz CT molecular complexity index is 787. The summed E-state index contributed by atoms with van der Waals surface area (Å²) in [6.07, 6.45) is 4.89. The summed E-state index contributed by atoms with van der Waals surface area (Å²) in [4.78, 5) is 40.7. The van der Waals surface area contributed by atoms with Gasteiger partial charge in [0.05, 0.1) is 0 Å². The van der Waals surface area contributed by atoms with Gasteiger partial charge in [0.1, 0.15) is 6.67 Å². The molecule has 0 N–H and O–H groups in total. The first-order valence-electron chi connectivity index (χ1n) is 7.76. The summed E-state index contributed by atoms with van der Waals surface area (Å²) in [5, 5.41) is 9.37. The van der Waals surface area contributed by atoms with Crippen LogP contribution < -0.4 is 9.80 Å². The van der Waals surface area contributed by atoms with E-state index in [0.717, 1.165) is 22.6 Å². The van der Waals surface area contributed by atoms with Gasteiger partial charge in [-0.1, -0.05) is 0 Å². The van der Waals surface area contributed by atoms with Crippen LogP contribution >= 0.6 is 11.6 Å². The van der Waals surface area contributed by atoms with Crippen LogP contribution in [0.3, 0.4) is 0 Å². The standard InChI is InChI=1S/C15H16ClN7O2/c1-21(2)14-18-13(16)19-15(20-14)22(7-17)8-23-11(24)9-5-3-4-6-10(9)12(23)25/h3-6,8H2,1-2H3. The zero-order valence-corrected chi connectivity index (χ0v) is 14.6. The molecule has 1 aromatic heterocycles. The highest BCUT2D eigenvalue weighted by Gasteiger charge is 2.39. The molecule has 0 radical (unpaired) electrons. The Kier molecular flexibility index (Phi) is 4.55. The second kappa shape index (κ2) is 6.64. The largest absolute Gasteiger partial charge is 0.347 e. The second-order valence-corrected chi connectivity index (χ2v) is 6.31. The highest BCUT2D eigenvalue weighted by molar-refractivity contribution is 6.28. The Hall–Kier alpha value is -2.73. The third kappa shape index (κ3) is 3.13. The molecule has 0 aromatic carbocycles. The summed E-state index contributed by atoms with van der Waals surface area (Å²) in [6.45, 7) is -0.256. The maximum Gasteiger partial charge on any atom is 0.258 e. The lowest BCUT2D eigenvalue weighted by molar-refractivity contribution is -0.137. The molecule has 1 aliphatic carbocycles. The fourth-order valence-corrected chi connectivity index (χ4v) is 3.01. The van der Waals surface area contributed by atoms with Gasteiger partial charge in [-0.3, -0.25) is 14.5 Å². The number of rotatable bonds is 4. The summed E-state index contributed by atoms with van der Waals surface area (Å²) < 4.78 is 0. The first kappa shape index (κ1) is 17.1. The van der Waals surface area contributed by atoms with E-state index >= 15 is 0 Å². The summed E-state index contributed by atoms with van der Waals surface area (Å²) in [5.74, 6) is -0.427. The van der Waals surface area contributed by atoms with Gasteiger partial charge in [0.25, 0.3) is 11.8 Å². The van der Waals surface area contributed by atoms with E-state index in [1.165, 1.54) is 0 Å². The molecule has 25 heavy (non-hydrogen) atoms. The molecule has 1 aliphatic heterocycles. The van der Waals surface area contributed by atoms with Gasteiger partial charge in [-0.15, -0.1) is 0 Å². The van der Waals surface area contributed by atoms with Crippen LogP contribution in [-0.2, 0) is 9.59 Å². The number of carbonyl (C=O) groups excluding carboxylic acids is 2. The van der Waals surface area contributed by atoms with Crippen molar-refractivity contribution in [3.63, 3.8) is 0 Å². The monoisotopic (exact) mass is 361 g/mol. The van der Waals surface area contributed by atoms with E-state index in [-0.39, 0.29) is 35.7 Å². The van der Waals surface area contributed by atoms with Crippen LogP contribution in [0.2, 0.25) is 5.28 Å². The first-order chi connectivity index (χ1) is 11.9. The number of nitriles is 1.